The highest BCUT2D eigenvalue weighted by molar-refractivity contribution is 9.10. The average molecular weight is 457 g/mol. The van der Waals surface area contributed by atoms with Crippen LogP contribution in [0.15, 0.2) is 65.1 Å². The number of fused-ring (bicyclic) bond motifs is 1. The number of halogens is 1. The van der Waals surface area contributed by atoms with E-state index < -0.39 is 11.8 Å². The van der Waals surface area contributed by atoms with E-state index >= 15 is 0 Å². The van der Waals surface area contributed by atoms with Gasteiger partial charge < -0.3 is 9.47 Å². The largest absolute Gasteiger partial charge is 0.490 e. The summed E-state index contributed by atoms with van der Waals surface area (Å²) in [7, 11) is 0. The Morgan fingerprint density at radius 2 is 1.72 bits per heavy atom. The number of hydrogen-bond acceptors (Lipinski definition) is 4. The minimum Gasteiger partial charge on any atom is -0.490 e. The highest BCUT2D eigenvalue weighted by Crippen LogP contribution is 2.24. The molecule has 6 nitrogen and oxygen atoms in total. The van der Waals surface area contributed by atoms with Crippen LogP contribution in [-0.2, 0) is 4.79 Å². The van der Waals surface area contributed by atoms with Crippen molar-refractivity contribution in [3.8, 4) is 11.5 Å². The molecule has 2 amide bonds. The average Bonchev–Trinajstić information content (AvgIpc) is 2.71. The molecule has 0 saturated heterocycles. The molecular weight excluding hydrogens is 436 g/mol. The molecule has 7 heteroatoms. The normalized spacial score (nSPS) is 10.6. The number of carbonyl (C=O) groups excluding carboxylic acids is 2. The van der Waals surface area contributed by atoms with Gasteiger partial charge in [0.2, 0.25) is 0 Å². The molecule has 0 fully saturated rings. The van der Waals surface area contributed by atoms with Gasteiger partial charge in [-0.15, -0.1) is 0 Å². The first-order chi connectivity index (χ1) is 13.9. The van der Waals surface area contributed by atoms with E-state index in [0.717, 1.165) is 15.2 Å². The molecule has 0 aliphatic rings. The quantitative estimate of drug-likeness (QED) is 0.544. The first-order valence-corrected chi connectivity index (χ1v) is 9.88. The molecule has 0 spiro atoms. The predicted octanol–water partition coefficient (Wildman–Crippen LogP) is 4.23. The van der Waals surface area contributed by atoms with Crippen molar-refractivity contribution < 1.29 is 19.1 Å². The number of benzene rings is 3. The zero-order valence-corrected chi connectivity index (χ0v) is 17.7. The van der Waals surface area contributed by atoms with Gasteiger partial charge in [-0.3, -0.25) is 20.4 Å². The second kappa shape index (κ2) is 9.43. The SMILES string of the molecule is CC(C)Oc1ccc(Br)cc1C(=O)NNC(=O)COc1ccc2ccccc2c1. The van der Waals surface area contributed by atoms with Crippen molar-refractivity contribution in [2.75, 3.05) is 6.61 Å². The molecule has 0 saturated carbocycles. The zero-order valence-electron chi connectivity index (χ0n) is 16.1. The van der Waals surface area contributed by atoms with E-state index in [4.69, 9.17) is 9.47 Å². The number of hydrazine groups is 1. The summed E-state index contributed by atoms with van der Waals surface area (Å²) in [5.74, 6) is 0.0426. The fourth-order valence-electron chi connectivity index (χ4n) is 2.67. The van der Waals surface area contributed by atoms with E-state index in [9.17, 15) is 9.59 Å². The Kier molecular flexibility index (Phi) is 6.72. The van der Waals surface area contributed by atoms with Crippen LogP contribution in [-0.4, -0.2) is 24.5 Å². The molecule has 2 N–H and O–H groups in total. The number of carbonyl (C=O) groups is 2. The third-order valence-corrected chi connectivity index (χ3v) is 4.45. The van der Waals surface area contributed by atoms with Gasteiger partial charge >= 0.3 is 0 Å². The van der Waals surface area contributed by atoms with Crippen LogP contribution in [0.1, 0.15) is 24.2 Å². The number of amides is 2. The van der Waals surface area contributed by atoms with Gasteiger partial charge in [0.25, 0.3) is 11.8 Å². The maximum atomic E-state index is 12.5. The lowest BCUT2D eigenvalue weighted by molar-refractivity contribution is -0.123. The molecule has 0 heterocycles. The first kappa shape index (κ1) is 20.7. The van der Waals surface area contributed by atoms with E-state index in [-0.39, 0.29) is 12.7 Å². The van der Waals surface area contributed by atoms with Crippen molar-refractivity contribution in [3.63, 3.8) is 0 Å². The molecule has 0 aliphatic heterocycles. The summed E-state index contributed by atoms with van der Waals surface area (Å²) in [4.78, 5) is 24.5. The number of ether oxygens (including phenoxy) is 2. The highest BCUT2D eigenvalue weighted by Gasteiger charge is 2.15. The van der Waals surface area contributed by atoms with Crippen molar-refractivity contribution in [2.45, 2.75) is 20.0 Å². The molecule has 0 bridgehead atoms. The first-order valence-electron chi connectivity index (χ1n) is 9.09. The minimum atomic E-state index is -0.485. The van der Waals surface area contributed by atoms with Gasteiger partial charge in [-0.1, -0.05) is 46.3 Å². The summed E-state index contributed by atoms with van der Waals surface area (Å²) >= 11 is 3.34. The van der Waals surface area contributed by atoms with Gasteiger partial charge in [0.05, 0.1) is 11.7 Å². The third kappa shape index (κ3) is 5.71. The van der Waals surface area contributed by atoms with Crippen molar-refractivity contribution in [2.24, 2.45) is 0 Å². The van der Waals surface area contributed by atoms with Crippen LogP contribution in [0.2, 0.25) is 0 Å². The number of rotatable bonds is 6. The van der Waals surface area contributed by atoms with E-state index in [1.807, 2.05) is 50.2 Å². The smallest absolute Gasteiger partial charge is 0.276 e. The zero-order chi connectivity index (χ0) is 20.8. The second-order valence-corrected chi connectivity index (χ2v) is 7.52. The van der Waals surface area contributed by atoms with Crippen LogP contribution in [0, 0.1) is 0 Å². The Bertz CT molecular complexity index is 1040. The second-order valence-electron chi connectivity index (χ2n) is 6.61. The maximum Gasteiger partial charge on any atom is 0.276 e. The molecule has 0 radical (unpaired) electrons. The van der Waals surface area contributed by atoms with E-state index in [1.165, 1.54) is 0 Å². The Morgan fingerprint density at radius 1 is 0.966 bits per heavy atom. The van der Waals surface area contributed by atoms with Gasteiger partial charge in [-0.25, -0.2) is 0 Å². The molecule has 3 aromatic carbocycles. The monoisotopic (exact) mass is 456 g/mol. The van der Waals surface area contributed by atoms with Gasteiger partial charge in [0.1, 0.15) is 11.5 Å². The molecule has 0 atom stereocenters. The van der Waals surface area contributed by atoms with Gasteiger partial charge in [-0.05, 0) is 55.0 Å². The fourth-order valence-corrected chi connectivity index (χ4v) is 3.03. The minimum absolute atomic E-state index is 0.0901. The summed E-state index contributed by atoms with van der Waals surface area (Å²) < 4.78 is 11.9. The van der Waals surface area contributed by atoms with Crippen molar-refractivity contribution >= 4 is 38.5 Å². The van der Waals surface area contributed by atoms with Crippen molar-refractivity contribution in [1.29, 1.82) is 0 Å². The molecule has 0 aromatic heterocycles. The highest BCUT2D eigenvalue weighted by atomic mass is 79.9. The lowest BCUT2D eigenvalue weighted by Crippen LogP contribution is -2.44. The molecule has 29 heavy (non-hydrogen) atoms. The summed E-state index contributed by atoms with van der Waals surface area (Å²) in [5, 5.41) is 2.11. The lowest BCUT2D eigenvalue weighted by atomic mass is 10.1. The molecular formula is C22H21BrN2O4. The van der Waals surface area contributed by atoms with E-state index in [1.54, 1.807) is 24.3 Å². The summed E-state index contributed by atoms with van der Waals surface area (Å²) in [6.45, 7) is 3.51. The topological polar surface area (TPSA) is 76.7 Å². The van der Waals surface area contributed by atoms with Gasteiger partial charge in [-0.2, -0.15) is 0 Å². The molecule has 3 aromatic rings. The summed E-state index contributed by atoms with van der Waals surface area (Å²) in [6, 6.07) is 18.6. The molecule has 0 aliphatic carbocycles. The summed E-state index contributed by atoms with van der Waals surface area (Å²) in [6.07, 6.45) is -0.0901. The Hall–Kier alpha value is -3.06. The molecule has 3 rings (SSSR count). The third-order valence-electron chi connectivity index (χ3n) is 3.96. The summed E-state index contributed by atoms with van der Waals surface area (Å²) in [5.41, 5.74) is 5.05. The Morgan fingerprint density at radius 3 is 2.48 bits per heavy atom. The Labute approximate surface area is 177 Å². The van der Waals surface area contributed by atoms with Gasteiger partial charge in [0, 0.05) is 4.47 Å². The Balaban J connectivity index is 1.56. The standard InChI is InChI=1S/C22H21BrN2O4/c1-14(2)29-20-10-8-17(23)12-19(20)22(27)25-24-21(26)13-28-18-9-7-15-5-3-4-6-16(15)11-18/h3-12,14H,13H2,1-2H3,(H,24,26)(H,25,27). The predicted molar refractivity (Wildman–Crippen MR) is 115 cm³/mol. The van der Waals surface area contributed by atoms with Crippen LogP contribution in [0.4, 0.5) is 0 Å². The molecule has 150 valence electrons. The van der Waals surface area contributed by atoms with E-state index in [2.05, 4.69) is 26.8 Å². The van der Waals surface area contributed by atoms with Crippen LogP contribution in [0.5, 0.6) is 11.5 Å². The lowest BCUT2D eigenvalue weighted by Gasteiger charge is -2.15. The van der Waals surface area contributed by atoms with Crippen LogP contribution < -0.4 is 20.3 Å². The number of nitrogens with one attached hydrogen (secondary N) is 2. The fraction of sp³-hybridized carbons (Fsp3) is 0.182. The van der Waals surface area contributed by atoms with Crippen LogP contribution >= 0.6 is 15.9 Å². The van der Waals surface area contributed by atoms with Crippen LogP contribution in [0.3, 0.4) is 0 Å². The number of hydrogen-bond donors (Lipinski definition) is 2. The van der Waals surface area contributed by atoms with Crippen molar-refractivity contribution in [3.05, 3.63) is 70.7 Å². The molecule has 0 unspecified atom stereocenters. The van der Waals surface area contributed by atoms with Gasteiger partial charge in [0.15, 0.2) is 6.61 Å². The van der Waals surface area contributed by atoms with Crippen molar-refractivity contribution in [1.82, 2.24) is 10.9 Å². The maximum absolute atomic E-state index is 12.5. The van der Waals surface area contributed by atoms with E-state index in [0.29, 0.717) is 17.1 Å². The van der Waals surface area contributed by atoms with Crippen LogP contribution in [0.25, 0.3) is 10.8 Å².